The largest absolute Gasteiger partial charge is 0.322 e. The normalized spacial score (nSPS) is 14.0. The fourth-order valence-electron chi connectivity index (χ4n) is 2.95. The molecule has 1 aromatic heterocycles. The Morgan fingerprint density at radius 1 is 1.13 bits per heavy atom. The van der Waals surface area contributed by atoms with Gasteiger partial charge in [-0.1, -0.05) is 29.3 Å². The van der Waals surface area contributed by atoms with E-state index in [2.05, 4.69) is 15.1 Å². The zero-order valence-electron chi connectivity index (χ0n) is 15.9. The molecule has 0 unspecified atom stereocenters. The first kappa shape index (κ1) is 20.9. The number of sulfonamides is 1. The van der Waals surface area contributed by atoms with Gasteiger partial charge in [0, 0.05) is 23.6 Å². The highest BCUT2D eigenvalue weighted by Crippen LogP contribution is 2.31. The van der Waals surface area contributed by atoms with Crippen LogP contribution in [0, 0.1) is 6.92 Å². The SMILES string of the molecule is Cc1ccnn1-c1cccc(NC(=O)c2cc(S(=O)(=O)NC3CC3)c(Cl)cc2Cl)c1. The summed E-state index contributed by atoms with van der Waals surface area (Å²) in [5, 5.41) is 7.02. The number of carbonyl (C=O) groups is 1. The minimum Gasteiger partial charge on any atom is -0.322 e. The highest BCUT2D eigenvalue weighted by Gasteiger charge is 2.30. The van der Waals surface area contributed by atoms with E-state index in [1.165, 1.54) is 12.1 Å². The fourth-order valence-corrected chi connectivity index (χ4v) is 5.11. The molecule has 1 fully saturated rings. The fraction of sp³-hybridized carbons (Fsp3) is 0.200. The van der Waals surface area contributed by atoms with Gasteiger partial charge in [0.1, 0.15) is 4.90 Å². The standard InChI is InChI=1S/C20H18Cl2N4O3S/c1-12-7-8-23-26(12)15-4-2-3-14(9-15)24-20(27)16-10-19(18(22)11-17(16)21)30(28,29)25-13-5-6-13/h2-4,7-11,13,25H,5-6H2,1H3,(H,24,27). The second-order valence-corrected chi connectivity index (χ2v) is 9.54. The summed E-state index contributed by atoms with van der Waals surface area (Å²) in [5.41, 5.74) is 2.24. The molecular weight excluding hydrogens is 447 g/mol. The molecule has 7 nitrogen and oxygen atoms in total. The predicted octanol–water partition coefficient (Wildman–Crippen LogP) is 4.18. The van der Waals surface area contributed by atoms with Gasteiger partial charge in [0.15, 0.2) is 0 Å². The number of benzene rings is 2. The molecule has 4 rings (SSSR count). The van der Waals surface area contributed by atoms with E-state index in [0.29, 0.717) is 5.69 Å². The Hall–Kier alpha value is -2.39. The van der Waals surface area contributed by atoms with Gasteiger partial charge in [-0.05, 0) is 56.2 Å². The Bertz CT molecular complexity index is 1240. The Labute approximate surface area is 184 Å². The van der Waals surface area contributed by atoms with Gasteiger partial charge in [-0.25, -0.2) is 17.8 Å². The average Bonchev–Trinajstić information content (AvgIpc) is 3.37. The van der Waals surface area contributed by atoms with E-state index in [1.807, 2.05) is 19.1 Å². The molecule has 0 radical (unpaired) electrons. The first-order valence-electron chi connectivity index (χ1n) is 9.18. The molecule has 1 heterocycles. The maximum absolute atomic E-state index is 12.8. The number of anilines is 1. The third-order valence-electron chi connectivity index (χ3n) is 4.64. The summed E-state index contributed by atoms with van der Waals surface area (Å²) in [4.78, 5) is 12.7. The van der Waals surface area contributed by atoms with Crippen molar-refractivity contribution >= 4 is 44.8 Å². The van der Waals surface area contributed by atoms with Crippen LogP contribution in [-0.2, 0) is 10.0 Å². The lowest BCUT2D eigenvalue weighted by Crippen LogP contribution is -2.26. The number of aromatic nitrogens is 2. The quantitative estimate of drug-likeness (QED) is 0.571. The zero-order valence-corrected chi connectivity index (χ0v) is 18.2. The number of aryl methyl sites for hydroxylation is 1. The molecule has 1 aliphatic carbocycles. The number of hydrogen-bond acceptors (Lipinski definition) is 4. The first-order chi connectivity index (χ1) is 14.2. The highest BCUT2D eigenvalue weighted by atomic mass is 35.5. The Kier molecular flexibility index (Phi) is 5.59. The van der Waals surface area contributed by atoms with Crippen LogP contribution in [-0.4, -0.2) is 30.1 Å². The molecule has 0 spiro atoms. The van der Waals surface area contributed by atoms with Crippen molar-refractivity contribution in [3.63, 3.8) is 0 Å². The smallest absolute Gasteiger partial charge is 0.257 e. The number of rotatable bonds is 6. The van der Waals surface area contributed by atoms with E-state index in [1.54, 1.807) is 29.1 Å². The van der Waals surface area contributed by atoms with Gasteiger partial charge in [0.05, 0.1) is 21.3 Å². The third kappa shape index (κ3) is 4.37. The van der Waals surface area contributed by atoms with Crippen molar-refractivity contribution in [2.45, 2.75) is 30.7 Å². The van der Waals surface area contributed by atoms with E-state index in [0.717, 1.165) is 24.2 Å². The van der Waals surface area contributed by atoms with Crippen molar-refractivity contribution in [3.05, 3.63) is 70.0 Å². The van der Waals surface area contributed by atoms with E-state index in [4.69, 9.17) is 23.2 Å². The van der Waals surface area contributed by atoms with E-state index >= 15 is 0 Å². The molecule has 1 amide bonds. The van der Waals surface area contributed by atoms with Crippen LogP contribution in [0.2, 0.25) is 10.0 Å². The van der Waals surface area contributed by atoms with Crippen molar-refractivity contribution in [3.8, 4) is 5.69 Å². The molecule has 3 aromatic rings. The van der Waals surface area contributed by atoms with Crippen molar-refractivity contribution in [1.82, 2.24) is 14.5 Å². The van der Waals surface area contributed by atoms with Gasteiger partial charge in [-0.2, -0.15) is 5.10 Å². The molecule has 30 heavy (non-hydrogen) atoms. The molecule has 2 aromatic carbocycles. The molecule has 156 valence electrons. The number of nitrogens with zero attached hydrogens (tertiary/aromatic N) is 2. The van der Waals surface area contributed by atoms with Crippen LogP contribution in [0.4, 0.5) is 5.69 Å². The Morgan fingerprint density at radius 2 is 1.90 bits per heavy atom. The van der Waals surface area contributed by atoms with Gasteiger partial charge in [0.2, 0.25) is 10.0 Å². The lowest BCUT2D eigenvalue weighted by molar-refractivity contribution is 0.102. The van der Waals surface area contributed by atoms with E-state index in [9.17, 15) is 13.2 Å². The molecular formula is C20H18Cl2N4O3S. The number of carbonyl (C=O) groups excluding carboxylic acids is 1. The summed E-state index contributed by atoms with van der Waals surface area (Å²) in [6.45, 7) is 1.92. The van der Waals surface area contributed by atoms with Gasteiger partial charge in [0.25, 0.3) is 5.91 Å². The van der Waals surface area contributed by atoms with Gasteiger partial charge in [-0.3, -0.25) is 4.79 Å². The lowest BCUT2D eigenvalue weighted by atomic mass is 10.2. The lowest BCUT2D eigenvalue weighted by Gasteiger charge is -2.12. The number of amides is 1. The molecule has 1 aliphatic rings. The van der Waals surface area contributed by atoms with Crippen LogP contribution >= 0.6 is 23.2 Å². The minimum absolute atomic E-state index is 0.0120. The summed E-state index contributed by atoms with van der Waals surface area (Å²) in [6, 6.07) is 11.4. The van der Waals surface area contributed by atoms with Crippen molar-refractivity contribution in [2.75, 3.05) is 5.32 Å². The first-order valence-corrected chi connectivity index (χ1v) is 11.4. The summed E-state index contributed by atoms with van der Waals surface area (Å²) in [5.74, 6) is -0.547. The zero-order chi connectivity index (χ0) is 21.5. The van der Waals surface area contributed by atoms with Crippen LogP contribution < -0.4 is 10.0 Å². The van der Waals surface area contributed by atoms with Crippen molar-refractivity contribution in [2.24, 2.45) is 0 Å². The Morgan fingerprint density at radius 3 is 2.57 bits per heavy atom. The molecule has 2 N–H and O–H groups in total. The summed E-state index contributed by atoms with van der Waals surface area (Å²) in [7, 11) is -3.85. The van der Waals surface area contributed by atoms with Crippen LogP contribution in [0.25, 0.3) is 5.69 Å². The number of halogens is 2. The number of hydrogen-bond donors (Lipinski definition) is 2. The highest BCUT2D eigenvalue weighted by molar-refractivity contribution is 7.89. The predicted molar refractivity (Wildman–Crippen MR) is 116 cm³/mol. The maximum atomic E-state index is 12.8. The average molecular weight is 465 g/mol. The molecule has 0 atom stereocenters. The molecule has 0 aliphatic heterocycles. The van der Waals surface area contributed by atoms with E-state index in [-0.39, 0.29) is 26.5 Å². The van der Waals surface area contributed by atoms with E-state index < -0.39 is 15.9 Å². The van der Waals surface area contributed by atoms with Crippen LogP contribution in [0.3, 0.4) is 0 Å². The molecule has 10 heteroatoms. The van der Waals surface area contributed by atoms with Crippen LogP contribution in [0.5, 0.6) is 0 Å². The molecule has 1 saturated carbocycles. The molecule has 0 bridgehead atoms. The van der Waals surface area contributed by atoms with Gasteiger partial charge in [-0.15, -0.1) is 0 Å². The van der Waals surface area contributed by atoms with Crippen molar-refractivity contribution in [1.29, 1.82) is 0 Å². The van der Waals surface area contributed by atoms with Crippen LogP contribution in [0.1, 0.15) is 28.9 Å². The maximum Gasteiger partial charge on any atom is 0.257 e. The van der Waals surface area contributed by atoms with Gasteiger partial charge < -0.3 is 5.32 Å². The van der Waals surface area contributed by atoms with Gasteiger partial charge >= 0.3 is 0 Å². The Balaban J connectivity index is 1.62. The summed E-state index contributed by atoms with van der Waals surface area (Å²) < 4.78 is 29.4. The third-order valence-corrected chi connectivity index (χ3v) is 6.93. The molecule has 0 saturated heterocycles. The second-order valence-electron chi connectivity index (χ2n) is 7.05. The minimum atomic E-state index is -3.85. The summed E-state index contributed by atoms with van der Waals surface area (Å²) >= 11 is 12.3. The van der Waals surface area contributed by atoms with Crippen molar-refractivity contribution < 1.29 is 13.2 Å². The summed E-state index contributed by atoms with van der Waals surface area (Å²) in [6.07, 6.45) is 3.25. The van der Waals surface area contributed by atoms with Crippen LogP contribution in [0.15, 0.2) is 53.6 Å². The number of nitrogens with one attached hydrogen (secondary N) is 2. The monoisotopic (exact) mass is 464 g/mol. The second kappa shape index (κ2) is 8.03. The topological polar surface area (TPSA) is 93.1 Å².